The molecule has 0 unspecified atom stereocenters. The minimum Gasteiger partial charge on any atom is -0.287 e. The lowest BCUT2D eigenvalue weighted by Crippen LogP contribution is -2.32. The van der Waals surface area contributed by atoms with Crippen molar-refractivity contribution in [2.24, 2.45) is 0 Å². The predicted molar refractivity (Wildman–Crippen MR) is 93.3 cm³/mol. The maximum Gasteiger partial charge on any atom is 0.299 e. The van der Waals surface area contributed by atoms with Gasteiger partial charge in [0, 0.05) is 11.8 Å². The molecule has 0 fully saturated rings. The first kappa shape index (κ1) is 16.6. The van der Waals surface area contributed by atoms with Crippen molar-refractivity contribution in [1.29, 1.82) is 0 Å². The summed E-state index contributed by atoms with van der Waals surface area (Å²) < 4.78 is 1.55. The number of carbonyl (C=O) groups is 1. The summed E-state index contributed by atoms with van der Waals surface area (Å²) in [5, 5.41) is 4.18. The van der Waals surface area contributed by atoms with Crippen LogP contribution in [0.2, 0.25) is 0 Å². The van der Waals surface area contributed by atoms with E-state index < -0.39 is 11.3 Å². The summed E-state index contributed by atoms with van der Waals surface area (Å²) >= 11 is 0. The molecule has 3 aromatic rings. The lowest BCUT2D eigenvalue weighted by Gasteiger charge is -2.11. The largest absolute Gasteiger partial charge is 0.299 e. The summed E-state index contributed by atoms with van der Waals surface area (Å²) in [4.78, 5) is 29.5. The molecular weight excluding hydrogens is 318 g/mol. The van der Waals surface area contributed by atoms with Crippen molar-refractivity contribution in [2.75, 3.05) is 0 Å². The van der Waals surface area contributed by atoms with Gasteiger partial charge in [-0.05, 0) is 24.6 Å². The van der Waals surface area contributed by atoms with E-state index >= 15 is 0 Å². The Labute approximate surface area is 144 Å². The van der Waals surface area contributed by atoms with Gasteiger partial charge in [0.1, 0.15) is 0 Å². The first-order valence-corrected chi connectivity index (χ1v) is 7.77. The first-order valence-electron chi connectivity index (χ1n) is 7.77. The normalized spacial score (nSPS) is 10.4. The molecule has 25 heavy (non-hydrogen) atoms. The molecule has 6 heteroatoms. The summed E-state index contributed by atoms with van der Waals surface area (Å²) in [6, 6.07) is 20.1. The number of hydroxylamine groups is 1. The lowest BCUT2D eigenvalue weighted by molar-refractivity contribution is 0.0227. The minimum atomic E-state index is -0.675. The van der Waals surface area contributed by atoms with Gasteiger partial charge in [-0.15, -0.1) is 0 Å². The van der Waals surface area contributed by atoms with Crippen molar-refractivity contribution in [3.05, 3.63) is 93.9 Å². The Bertz CT molecular complexity index is 922. The van der Waals surface area contributed by atoms with Crippen LogP contribution in [0.5, 0.6) is 0 Å². The smallest absolute Gasteiger partial charge is 0.287 e. The number of para-hydroxylation sites is 1. The van der Waals surface area contributed by atoms with Gasteiger partial charge in [-0.2, -0.15) is 5.10 Å². The highest BCUT2D eigenvalue weighted by atomic mass is 16.6. The highest BCUT2D eigenvalue weighted by Gasteiger charge is 2.15. The number of carbonyl (C=O) groups excluding carboxylic acids is 1. The molecular formula is C19H17N3O3. The quantitative estimate of drug-likeness (QED) is 0.727. The van der Waals surface area contributed by atoms with Gasteiger partial charge in [0.05, 0.1) is 12.3 Å². The summed E-state index contributed by atoms with van der Waals surface area (Å²) in [5.41, 5.74) is 3.90. The number of benzene rings is 2. The van der Waals surface area contributed by atoms with E-state index in [0.717, 1.165) is 11.3 Å². The third-order valence-corrected chi connectivity index (χ3v) is 3.57. The first-order chi connectivity index (χ1) is 12.1. The van der Waals surface area contributed by atoms with Gasteiger partial charge in [0.2, 0.25) is 5.43 Å². The minimum absolute atomic E-state index is 0.200. The molecule has 0 aliphatic carbocycles. The van der Waals surface area contributed by atoms with E-state index in [1.54, 1.807) is 11.6 Å². The summed E-state index contributed by atoms with van der Waals surface area (Å²) in [7, 11) is 0. The third kappa shape index (κ3) is 3.99. The van der Waals surface area contributed by atoms with E-state index in [1.165, 1.54) is 6.07 Å². The maximum absolute atomic E-state index is 12.2. The highest BCUT2D eigenvalue weighted by Crippen LogP contribution is 2.08. The van der Waals surface area contributed by atoms with E-state index in [0.29, 0.717) is 5.69 Å². The zero-order valence-corrected chi connectivity index (χ0v) is 13.7. The van der Waals surface area contributed by atoms with Crippen LogP contribution in [0.15, 0.2) is 71.5 Å². The molecule has 0 spiro atoms. The fraction of sp³-hybridized carbons (Fsp3) is 0.105. The number of amides is 1. The fourth-order valence-electron chi connectivity index (χ4n) is 2.34. The standard InChI is InChI=1S/C19H17N3O3/c1-14-12-17(23)18(20-22(14)16-10-6-3-7-11-16)19(24)21-25-13-15-8-4-2-5-9-15/h2-12H,13H2,1H3,(H,21,24). The molecule has 0 aliphatic heterocycles. The van der Waals surface area contributed by atoms with Crippen LogP contribution in [-0.2, 0) is 11.4 Å². The lowest BCUT2D eigenvalue weighted by atomic mass is 10.2. The number of rotatable bonds is 5. The van der Waals surface area contributed by atoms with Crippen molar-refractivity contribution in [2.45, 2.75) is 13.5 Å². The molecule has 0 atom stereocenters. The molecule has 6 nitrogen and oxygen atoms in total. The van der Waals surface area contributed by atoms with Crippen LogP contribution in [-0.4, -0.2) is 15.7 Å². The number of aromatic nitrogens is 2. The Kier molecular flexibility index (Phi) is 5.01. The van der Waals surface area contributed by atoms with Crippen LogP contribution in [0.1, 0.15) is 21.7 Å². The van der Waals surface area contributed by atoms with Crippen LogP contribution in [0, 0.1) is 6.92 Å². The molecule has 1 aromatic heterocycles. The van der Waals surface area contributed by atoms with E-state index in [2.05, 4.69) is 10.6 Å². The molecule has 0 radical (unpaired) electrons. The van der Waals surface area contributed by atoms with Crippen molar-refractivity contribution in [3.8, 4) is 5.69 Å². The second-order valence-corrected chi connectivity index (χ2v) is 5.45. The highest BCUT2D eigenvalue weighted by molar-refractivity contribution is 5.91. The summed E-state index contributed by atoms with van der Waals surface area (Å²) in [5.74, 6) is -0.675. The van der Waals surface area contributed by atoms with Gasteiger partial charge < -0.3 is 0 Å². The summed E-state index contributed by atoms with van der Waals surface area (Å²) in [6.45, 7) is 1.96. The van der Waals surface area contributed by atoms with E-state index in [4.69, 9.17) is 4.84 Å². The number of hydrogen-bond donors (Lipinski definition) is 1. The van der Waals surface area contributed by atoms with Crippen molar-refractivity contribution >= 4 is 5.91 Å². The summed E-state index contributed by atoms with van der Waals surface area (Å²) in [6.07, 6.45) is 0. The molecule has 3 rings (SSSR count). The van der Waals surface area contributed by atoms with Crippen LogP contribution >= 0.6 is 0 Å². The van der Waals surface area contributed by atoms with E-state index in [-0.39, 0.29) is 12.3 Å². The van der Waals surface area contributed by atoms with Crippen LogP contribution in [0.4, 0.5) is 0 Å². The topological polar surface area (TPSA) is 73.2 Å². The SMILES string of the molecule is Cc1cc(=O)c(C(=O)NOCc2ccccc2)nn1-c1ccccc1. The van der Waals surface area contributed by atoms with Gasteiger partial charge in [-0.1, -0.05) is 48.5 Å². The van der Waals surface area contributed by atoms with Gasteiger partial charge in [0.25, 0.3) is 5.91 Å². The van der Waals surface area contributed by atoms with Gasteiger partial charge in [0.15, 0.2) is 5.69 Å². The second-order valence-electron chi connectivity index (χ2n) is 5.45. The predicted octanol–water partition coefficient (Wildman–Crippen LogP) is 2.40. The Morgan fingerprint density at radius 3 is 2.40 bits per heavy atom. The Hall–Kier alpha value is -3.25. The van der Waals surface area contributed by atoms with Crippen LogP contribution in [0.3, 0.4) is 0 Å². The molecule has 1 N–H and O–H groups in total. The molecule has 0 saturated carbocycles. The third-order valence-electron chi connectivity index (χ3n) is 3.57. The van der Waals surface area contributed by atoms with Crippen molar-refractivity contribution in [1.82, 2.24) is 15.3 Å². The number of hydrogen-bond acceptors (Lipinski definition) is 4. The molecule has 1 heterocycles. The fourth-order valence-corrected chi connectivity index (χ4v) is 2.34. The van der Waals surface area contributed by atoms with Crippen molar-refractivity contribution < 1.29 is 9.63 Å². The maximum atomic E-state index is 12.2. The van der Waals surface area contributed by atoms with Gasteiger partial charge >= 0.3 is 0 Å². The Balaban J connectivity index is 1.77. The number of nitrogens with zero attached hydrogens (tertiary/aromatic N) is 2. The zero-order valence-electron chi connectivity index (χ0n) is 13.7. The van der Waals surface area contributed by atoms with Crippen molar-refractivity contribution in [3.63, 3.8) is 0 Å². The van der Waals surface area contributed by atoms with Crippen LogP contribution in [0.25, 0.3) is 5.69 Å². The Morgan fingerprint density at radius 2 is 1.72 bits per heavy atom. The second kappa shape index (κ2) is 7.55. The molecule has 0 aliphatic rings. The molecule has 0 bridgehead atoms. The average molecular weight is 335 g/mol. The zero-order chi connectivity index (χ0) is 17.6. The van der Waals surface area contributed by atoms with Gasteiger partial charge in [-0.3, -0.25) is 14.4 Å². The van der Waals surface area contributed by atoms with E-state index in [9.17, 15) is 9.59 Å². The molecule has 2 aromatic carbocycles. The molecule has 126 valence electrons. The van der Waals surface area contributed by atoms with Gasteiger partial charge in [-0.25, -0.2) is 10.2 Å². The number of aryl methyl sites for hydroxylation is 1. The van der Waals surface area contributed by atoms with Crippen LogP contribution < -0.4 is 10.9 Å². The monoisotopic (exact) mass is 335 g/mol. The number of nitrogens with one attached hydrogen (secondary N) is 1. The van der Waals surface area contributed by atoms with E-state index in [1.807, 2.05) is 60.7 Å². The average Bonchev–Trinajstić information content (AvgIpc) is 2.63. The molecule has 1 amide bonds. The Morgan fingerprint density at radius 1 is 1.08 bits per heavy atom. The molecule has 0 saturated heterocycles.